The molecule has 3 heteroatoms. The fourth-order valence-corrected chi connectivity index (χ4v) is 1.88. The Labute approximate surface area is 88.1 Å². The second-order valence-corrected chi connectivity index (χ2v) is 4.05. The van der Waals surface area contributed by atoms with Crippen LogP contribution in [0.15, 0.2) is 18.2 Å². The van der Waals surface area contributed by atoms with Crippen molar-refractivity contribution in [1.82, 2.24) is 0 Å². The van der Waals surface area contributed by atoms with E-state index in [9.17, 15) is 4.79 Å². The molecule has 0 spiro atoms. The summed E-state index contributed by atoms with van der Waals surface area (Å²) in [6.07, 6.45) is 2.42. The van der Waals surface area contributed by atoms with Crippen molar-refractivity contribution in [2.45, 2.75) is 18.8 Å². The average Bonchev–Trinajstić information content (AvgIpc) is 3.00. The molecule has 0 radical (unpaired) electrons. The quantitative estimate of drug-likeness (QED) is 0.777. The second kappa shape index (κ2) is 3.71. The van der Waals surface area contributed by atoms with Crippen LogP contribution in [0.3, 0.4) is 0 Å². The number of rotatable bonds is 3. The van der Waals surface area contributed by atoms with Crippen LogP contribution in [0, 0.1) is 0 Å². The van der Waals surface area contributed by atoms with Gasteiger partial charge in [0.05, 0.1) is 6.54 Å². The van der Waals surface area contributed by atoms with Gasteiger partial charge in [0.2, 0.25) is 0 Å². The molecule has 1 aliphatic rings. The van der Waals surface area contributed by atoms with Gasteiger partial charge in [0, 0.05) is 10.6 Å². The first kappa shape index (κ1) is 9.69. The Balaban J connectivity index is 2.30. The molecule has 2 N–H and O–H groups in total. The third-order valence-corrected chi connectivity index (χ3v) is 2.85. The van der Waals surface area contributed by atoms with Crippen LogP contribution in [-0.2, 0) is 0 Å². The lowest BCUT2D eigenvalue weighted by molar-refractivity contribution is 0.100. The van der Waals surface area contributed by atoms with Crippen molar-refractivity contribution in [2.24, 2.45) is 5.73 Å². The number of Topliss-reactive ketones (excluding diaryl/α,β-unsaturated/α-hetero) is 1. The minimum absolute atomic E-state index is 0.0408. The summed E-state index contributed by atoms with van der Waals surface area (Å²) in [4.78, 5) is 11.3. The van der Waals surface area contributed by atoms with E-state index in [1.165, 1.54) is 18.4 Å². The maximum absolute atomic E-state index is 11.3. The molecule has 0 heterocycles. The zero-order valence-corrected chi connectivity index (χ0v) is 8.55. The predicted molar refractivity (Wildman–Crippen MR) is 56.8 cm³/mol. The van der Waals surface area contributed by atoms with Crippen molar-refractivity contribution >= 4 is 17.4 Å². The molecule has 0 saturated heterocycles. The van der Waals surface area contributed by atoms with Crippen molar-refractivity contribution in [3.05, 3.63) is 34.3 Å². The van der Waals surface area contributed by atoms with Crippen molar-refractivity contribution in [3.63, 3.8) is 0 Å². The highest BCUT2D eigenvalue weighted by Gasteiger charge is 2.25. The highest BCUT2D eigenvalue weighted by atomic mass is 35.5. The standard InChI is InChI=1S/C11H12ClNO/c12-10-5-8(11(14)6-13)3-4-9(10)7-1-2-7/h3-5,7H,1-2,6,13H2. The number of benzene rings is 1. The smallest absolute Gasteiger partial charge is 0.176 e. The van der Waals surface area contributed by atoms with Gasteiger partial charge in [-0.05, 0) is 30.4 Å². The van der Waals surface area contributed by atoms with Gasteiger partial charge in [-0.15, -0.1) is 0 Å². The van der Waals surface area contributed by atoms with Gasteiger partial charge < -0.3 is 5.73 Å². The number of carbonyl (C=O) groups excluding carboxylic acids is 1. The fourth-order valence-electron chi connectivity index (χ4n) is 1.54. The molecule has 14 heavy (non-hydrogen) atoms. The van der Waals surface area contributed by atoms with Gasteiger partial charge in [0.15, 0.2) is 5.78 Å². The lowest BCUT2D eigenvalue weighted by Gasteiger charge is -2.04. The van der Waals surface area contributed by atoms with Crippen molar-refractivity contribution < 1.29 is 4.79 Å². The van der Waals surface area contributed by atoms with E-state index in [1.54, 1.807) is 6.07 Å². The molecular formula is C11H12ClNO. The van der Waals surface area contributed by atoms with Crippen LogP contribution >= 0.6 is 11.6 Å². The van der Waals surface area contributed by atoms with E-state index in [4.69, 9.17) is 17.3 Å². The third-order valence-electron chi connectivity index (χ3n) is 2.52. The number of ketones is 1. The topological polar surface area (TPSA) is 43.1 Å². The fraction of sp³-hybridized carbons (Fsp3) is 0.364. The van der Waals surface area contributed by atoms with Gasteiger partial charge in [0.25, 0.3) is 0 Å². The van der Waals surface area contributed by atoms with E-state index in [0.29, 0.717) is 16.5 Å². The molecule has 1 fully saturated rings. The Kier molecular flexibility index (Phi) is 2.57. The molecule has 0 bridgehead atoms. The van der Waals surface area contributed by atoms with Crippen LogP contribution in [-0.4, -0.2) is 12.3 Å². The highest BCUT2D eigenvalue weighted by Crippen LogP contribution is 2.43. The molecule has 74 valence electrons. The lowest BCUT2D eigenvalue weighted by Crippen LogP contribution is -2.13. The Bertz CT molecular complexity index is 372. The molecule has 0 aliphatic heterocycles. The van der Waals surface area contributed by atoms with E-state index in [-0.39, 0.29) is 12.3 Å². The van der Waals surface area contributed by atoms with Gasteiger partial charge in [0.1, 0.15) is 0 Å². The zero-order valence-electron chi connectivity index (χ0n) is 7.79. The van der Waals surface area contributed by atoms with Gasteiger partial charge in [-0.1, -0.05) is 23.7 Å². The molecule has 0 amide bonds. The minimum atomic E-state index is -0.0609. The van der Waals surface area contributed by atoms with Crippen molar-refractivity contribution in [2.75, 3.05) is 6.54 Å². The lowest BCUT2D eigenvalue weighted by atomic mass is 10.1. The van der Waals surface area contributed by atoms with Crippen LogP contribution < -0.4 is 5.73 Å². The summed E-state index contributed by atoms with van der Waals surface area (Å²) in [6.45, 7) is 0.0408. The van der Waals surface area contributed by atoms with Gasteiger partial charge in [-0.25, -0.2) is 0 Å². The summed E-state index contributed by atoms with van der Waals surface area (Å²) < 4.78 is 0. The first-order chi connectivity index (χ1) is 6.72. The number of hydrogen-bond acceptors (Lipinski definition) is 2. The molecule has 1 aliphatic carbocycles. The molecule has 1 aromatic rings. The summed E-state index contributed by atoms with van der Waals surface area (Å²) >= 11 is 6.07. The normalized spacial score (nSPS) is 15.6. The van der Waals surface area contributed by atoms with Crippen LogP contribution in [0.1, 0.15) is 34.7 Å². The Morgan fingerprint density at radius 1 is 1.50 bits per heavy atom. The van der Waals surface area contributed by atoms with Crippen LogP contribution in [0.25, 0.3) is 0 Å². The summed E-state index contributed by atoms with van der Waals surface area (Å²) in [5, 5.41) is 0.701. The number of halogens is 1. The van der Waals surface area contributed by atoms with Crippen molar-refractivity contribution in [1.29, 1.82) is 0 Å². The van der Waals surface area contributed by atoms with Gasteiger partial charge >= 0.3 is 0 Å². The van der Waals surface area contributed by atoms with E-state index in [2.05, 4.69) is 0 Å². The SMILES string of the molecule is NCC(=O)c1ccc(C2CC2)c(Cl)c1. The second-order valence-electron chi connectivity index (χ2n) is 3.64. The summed E-state index contributed by atoms with van der Waals surface area (Å²) in [5.74, 6) is 0.554. The molecule has 2 rings (SSSR count). The maximum atomic E-state index is 11.3. The van der Waals surface area contributed by atoms with Gasteiger partial charge in [-0.2, -0.15) is 0 Å². The van der Waals surface area contributed by atoms with Crippen molar-refractivity contribution in [3.8, 4) is 0 Å². The van der Waals surface area contributed by atoms with E-state index >= 15 is 0 Å². The maximum Gasteiger partial charge on any atom is 0.176 e. The monoisotopic (exact) mass is 209 g/mol. The van der Waals surface area contributed by atoms with E-state index in [1.807, 2.05) is 12.1 Å². The molecule has 1 aromatic carbocycles. The van der Waals surface area contributed by atoms with Crippen LogP contribution in [0.5, 0.6) is 0 Å². The first-order valence-corrected chi connectivity index (χ1v) is 5.13. The number of carbonyl (C=O) groups is 1. The van der Waals surface area contributed by atoms with Crippen LogP contribution in [0.2, 0.25) is 5.02 Å². The summed E-state index contributed by atoms with van der Waals surface area (Å²) in [7, 11) is 0. The molecule has 0 unspecified atom stereocenters. The number of nitrogens with two attached hydrogens (primary N) is 1. The van der Waals surface area contributed by atoms with E-state index in [0.717, 1.165) is 0 Å². The average molecular weight is 210 g/mol. The summed E-state index contributed by atoms with van der Waals surface area (Å²) in [6, 6.07) is 5.49. The summed E-state index contributed by atoms with van der Waals surface area (Å²) in [5.41, 5.74) is 7.05. The first-order valence-electron chi connectivity index (χ1n) is 4.75. The van der Waals surface area contributed by atoms with E-state index < -0.39 is 0 Å². The molecular weight excluding hydrogens is 198 g/mol. The van der Waals surface area contributed by atoms with Gasteiger partial charge in [-0.3, -0.25) is 4.79 Å². The molecule has 0 aromatic heterocycles. The predicted octanol–water partition coefficient (Wildman–Crippen LogP) is 2.36. The minimum Gasteiger partial charge on any atom is -0.324 e. The molecule has 1 saturated carbocycles. The van der Waals surface area contributed by atoms with Crippen LogP contribution in [0.4, 0.5) is 0 Å². The third kappa shape index (κ3) is 1.81. The molecule has 0 atom stereocenters. The number of hydrogen-bond donors (Lipinski definition) is 1. The highest BCUT2D eigenvalue weighted by molar-refractivity contribution is 6.31. The Hall–Kier alpha value is -0.860. The molecule has 2 nitrogen and oxygen atoms in total. The zero-order chi connectivity index (χ0) is 10.1. The Morgan fingerprint density at radius 3 is 2.71 bits per heavy atom. The largest absolute Gasteiger partial charge is 0.324 e. The Morgan fingerprint density at radius 2 is 2.21 bits per heavy atom.